The fraction of sp³-hybridized carbons (Fsp3) is 0.667. The van der Waals surface area contributed by atoms with Crippen LogP contribution in [-0.4, -0.2) is 20.7 Å². The van der Waals surface area contributed by atoms with Crippen molar-refractivity contribution in [1.29, 1.82) is 0 Å². The lowest BCUT2D eigenvalue weighted by Crippen LogP contribution is -2.32. The molecule has 0 saturated heterocycles. The fourth-order valence-corrected chi connectivity index (χ4v) is 3.53. The quantitative estimate of drug-likeness (QED) is 0.418. The molecule has 0 aliphatic heterocycles. The van der Waals surface area contributed by atoms with E-state index in [0.29, 0.717) is 6.61 Å². The van der Waals surface area contributed by atoms with Crippen LogP contribution in [-0.2, 0) is 9.53 Å². The monoisotopic (exact) mass is 226 g/mol. The Morgan fingerprint density at radius 3 is 2.33 bits per heavy atom. The first-order chi connectivity index (χ1) is 6.84. The van der Waals surface area contributed by atoms with Crippen LogP contribution in [0.3, 0.4) is 0 Å². The third kappa shape index (κ3) is 4.50. The zero-order valence-electron chi connectivity index (χ0n) is 10.7. The number of rotatable bonds is 4. The van der Waals surface area contributed by atoms with Crippen molar-refractivity contribution in [3.63, 3.8) is 0 Å². The van der Waals surface area contributed by atoms with Crippen molar-refractivity contribution >= 4 is 14.0 Å². The minimum Gasteiger partial charge on any atom is -0.466 e. The molecule has 0 heterocycles. The lowest BCUT2D eigenvalue weighted by Gasteiger charge is -2.23. The summed E-state index contributed by atoms with van der Waals surface area (Å²) in [6, 6.07) is 0. The summed E-state index contributed by atoms with van der Waals surface area (Å²) in [6.07, 6.45) is 1.88. The van der Waals surface area contributed by atoms with E-state index in [9.17, 15) is 4.79 Å². The molecular weight excluding hydrogens is 204 g/mol. The smallest absolute Gasteiger partial charge is 0.313 e. The van der Waals surface area contributed by atoms with E-state index in [4.69, 9.17) is 4.74 Å². The Kier molecular flexibility index (Phi) is 5.62. The van der Waals surface area contributed by atoms with Gasteiger partial charge in [0.05, 0.1) is 20.6 Å². The molecular formula is C12H22O2Si. The molecule has 0 spiro atoms. The predicted molar refractivity (Wildman–Crippen MR) is 66.4 cm³/mol. The van der Waals surface area contributed by atoms with E-state index in [1.165, 1.54) is 0 Å². The summed E-state index contributed by atoms with van der Waals surface area (Å²) < 4.78 is 5.03. The highest BCUT2D eigenvalue weighted by molar-refractivity contribution is 6.83. The lowest BCUT2D eigenvalue weighted by molar-refractivity contribution is -0.145. The van der Waals surface area contributed by atoms with E-state index in [2.05, 4.69) is 25.4 Å². The van der Waals surface area contributed by atoms with Gasteiger partial charge in [0.25, 0.3) is 0 Å². The van der Waals surface area contributed by atoms with Gasteiger partial charge in [0, 0.05) is 0 Å². The molecule has 0 aromatic carbocycles. The first kappa shape index (κ1) is 14.2. The van der Waals surface area contributed by atoms with E-state index >= 15 is 0 Å². The number of hydrogen-bond donors (Lipinski definition) is 0. The molecule has 0 N–H and O–H groups in total. The van der Waals surface area contributed by atoms with Gasteiger partial charge in [-0.3, -0.25) is 4.79 Å². The molecule has 0 aliphatic carbocycles. The SMILES string of the molecule is CC=C=C([C@@H](C)C(=O)OCC)[Si](C)(C)C. The van der Waals surface area contributed by atoms with Gasteiger partial charge < -0.3 is 4.74 Å². The summed E-state index contributed by atoms with van der Waals surface area (Å²) in [7, 11) is -1.49. The molecule has 15 heavy (non-hydrogen) atoms. The molecule has 0 bridgehead atoms. The second kappa shape index (κ2) is 5.94. The second-order valence-corrected chi connectivity index (χ2v) is 9.61. The first-order valence-electron chi connectivity index (χ1n) is 5.42. The summed E-state index contributed by atoms with van der Waals surface area (Å²) in [5.74, 6) is -0.294. The van der Waals surface area contributed by atoms with E-state index < -0.39 is 8.07 Å². The van der Waals surface area contributed by atoms with Crippen molar-refractivity contribution in [2.75, 3.05) is 6.61 Å². The van der Waals surface area contributed by atoms with Gasteiger partial charge in [-0.15, -0.1) is 5.73 Å². The average molecular weight is 226 g/mol. The van der Waals surface area contributed by atoms with Gasteiger partial charge in [-0.25, -0.2) is 0 Å². The highest BCUT2D eigenvalue weighted by Gasteiger charge is 2.29. The predicted octanol–water partition coefficient (Wildman–Crippen LogP) is 3.16. The van der Waals surface area contributed by atoms with E-state index in [0.717, 1.165) is 5.20 Å². The van der Waals surface area contributed by atoms with Crippen molar-refractivity contribution < 1.29 is 9.53 Å². The third-order valence-corrected chi connectivity index (χ3v) is 4.37. The van der Waals surface area contributed by atoms with Crippen molar-refractivity contribution in [3.05, 3.63) is 17.0 Å². The van der Waals surface area contributed by atoms with Crippen LogP contribution in [0.2, 0.25) is 19.6 Å². The van der Waals surface area contributed by atoms with Gasteiger partial charge in [-0.2, -0.15) is 0 Å². The zero-order chi connectivity index (χ0) is 12.1. The molecule has 0 radical (unpaired) electrons. The molecule has 0 unspecified atom stereocenters. The molecule has 2 nitrogen and oxygen atoms in total. The summed E-state index contributed by atoms with van der Waals surface area (Å²) in [6.45, 7) is 12.8. The molecule has 0 amide bonds. The maximum atomic E-state index is 11.6. The van der Waals surface area contributed by atoms with Crippen LogP contribution < -0.4 is 0 Å². The van der Waals surface area contributed by atoms with Gasteiger partial charge in [0.2, 0.25) is 0 Å². The van der Waals surface area contributed by atoms with Crippen LogP contribution in [0.4, 0.5) is 0 Å². The normalized spacial score (nSPS) is 12.7. The number of carbonyl (C=O) groups is 1. The van der Waals surface area contributed by atoms with Gasteiger partial charge >= 0.3 is 5.97 Å². The highest BCUT2D eigenvalue weighted by atomic mass is 28.3. The van der Waals surface area contributed by atoms with Crippen molar-refractivity contribution in [1.82, 2.24) is 0 Å². The molecule has 0 aliphatic rings. The zero-order valence-corrected chi connectivity index (χ0v) is 11.7. The standard InChI is InChI=1S/C12H22O2Si/c1-7-9-11(15(4,5)6)10(3)12(13)14-8-2/h7,10H,8H2,1-6H3/t9?,10-/m1/s1. The van der Waals surface area contributed by atoms with Crippen LogP contribution in [0.5, 0.6) is 0 Å². The summed E-state index contributed by atoms with van der Waals surface area (Å²) >= 11 is 0. The Balaban J connectivity index is 4.98. The molecule has 0 rings (SSSR count). The second-order valence-electron chi connectivity index (χ2n) is 4.57. The van der Waals surface area contributed by atoms with Gasteiger partial charge in [0.1, 0.15) is 0 Å². The van der Waals surface area contributed by atoms with E-state index in [1.807, 2.05) is 26.8 Å². The first-order valence-corrected chi connectivity index (χ1v) is 8.92. The van der Waals surface area contributed by atoms with Crippen LogP contribution >= 0.6 is 0 Å². The van der Waals surface area contributed by atoms with Gasteiger partial charge in [-0.05, 0) is 32.0 Å². The molecule has 1 atom stereocenters. The van der Waals surface area contributed by atoms with E-state index in [1.54, 1.807) is 0 Å². The minimum atomic E-state index is -1.49. The Morgan fingerprint density at radius 1 is 1.47 bits per heavy atom. The maximum Gasteiger partial charge on any atom is 0.313 e. The van der Waals surface area contributed by atoms with Crippen molar-refractivity contribution in [2.24, 2.45) is 5.92 Å². The Bertz CT molecular complexity index is 280. The Morgan fingerprint density at radius 2 is 2.00 bits per heavy atom. The fourth-order valence-electron chi connectivity index (χ4n) is 1.53. The van der Waals surface area contributed by atoms with Crippen LogP contribution in [0.15, 0.2) is 17.0 Å². The van der Waals surface area contributed by atoms with Crippen molar-refractivity contribution in [3.8, 4) is 0 Å². The number of esters is 1. The lowest BCUT2D eigenvalue weighted by atomic mass is 10.2. The topological polar surface area (TPSA) is 26.3 Å². The number of ether oxygens (including phenoxy) is 1. The van der Waals surface area contributed by atoms with Crippen molar-refractivity contribution in [2.45, 2.75) is 40.4 Å². The molecule has 86 valence electrons. The molecule has 0 fully saturated rings. The van der Waals surface area contributed by atoms with E-state index in [-0.39, 0.29) is 11.9 Å². The highest BCUT2D eigenvalue weighted by Crippen LogP contribution is 2.22. The number of carbonyl (C=O) groups excluding carboxylic acids is 1. The largest absolute Gasteiger partial charge is 0.466 e. The molecule has 0 aromatic rings. The summed E-state index contributed by atoms with van der Waals surface area (Å²) in [4.78, 5) is 11.6. The van der Waals surface area contributed by atoms with Crippen LogP contribution in [0.25, 0.3) is 0 Å². The molecule has 0 aromatic heterocycles. The third-order valence-electron chi connectivity index (χ3n) is 2.18. The van der Waals surface area contributed by atoms with Crippen LogP contribution in [0.1, 0.15) is 20.8 Å². The summed E-state index contributed by atoms with van der Waals surface area (Å²) in [5.41, 5.74) is 3.21. The van der Waals surface area contributed by atoms with Gasteiger partial charge in [-0.1, -0.05) is 19.6 Å². The minimum absolute atomic E-state index is 0.135. The van der Waals surface area contributed by atoms with Gasteiger partial charge in [0.15, 0.2) is 0 Å². The maximum absolute atomic E-state index is 11.6. The number of hydrogen-bond acceptors (Lipinski definition) is 2. The molecule has 0 saturated carbocycles. The molecule has 3 heteroatoms. The Labute approximate surface area is 94.0 Å². The Hall–Kier alpha value is -0.793. The average Bonchev–Trinajstić information content (AvgIpc) is 2.11. The summed E-state index contributed by atoms with van der Waals surface area (Å²) in [5, 5.41) is 1.13. The van der Waals surface area contributed by atoms with Crippen LogP contribution in [0, 0.1) is 5.92 Å².